The summed E-state index contributed by atoms with van der Waals surface area (Å²) in [4.78, 5) is 22.3. The van der Waals surface area contributed by atoms with E-state index in [0.717, 1.165) is 12.5 Å². The zero-order valence-electron chi connectivity index (χ0n) is 15.9. The second-order valence-corrected chi connectivity index (χ2v) is 10.4. The molecule has 1 aromatic carbocycles. The summed E-state index contributed by atoms with van der Waals surface area (Å²) in [6, 6.07) is 2.46. The van der Waals surface area contributed by atoms with Crippen LogP contribution in [0.1, 0.15) is 38.3 Å². The number of carbonyl (C=O) groups excluding carboxylic acids is 1. The van der Waals surface area contributed by atoms with Crippen LogP contribution in [-0.2, 0) is 19.7 Å². The first-order chi connectivity index (χ1) is 13.1. The van der Waals surface area contributed by atoms with Crippen molar-refractivity contribution in [3.8, 4) is 11.5 Å². The van der Waals surface area contributed by atoms with Crippen LogP contribution in [0.15, 0.2) is 18.2 Å². The molecule has 2 aliphatic carbocycles. The van der Waals surface area contributed by atoms with E-state index in [1.54, 1.807) is 0 Å². The molecule has 0 aromatic heterocycles. The van der Waals surface area contributed by atoms with Crippen molar-refractivity contribution in [2.75, 3.05) is 5.75 Å². The number of ketones is 1. The fraction of sp³-hybridized carbons (Fsp3) is 0.556. The van der Waals surface area contributed by atoms with E-state index in [0.29, 0.717) is 6.42 Å². The number of nitrogens with two attached hydrogens (primary N) is 1. The van der Waals surface area contributed by atoms with Crippen molar-refractivity contribution in [3.63, 3.8) is 0 Å². The van der Waals surface area contributed by atoms with Gasteiger partial charge in [0, 0.05) is 0 Å². The highest BCUT2D eigenvalue weighted by atomic mass is 79.9. The third-order valence-electron chi connectivity index (χ3n) is 6.17. The second-order valence-electron chi connectivity index (χ2n) is 8.01. The molecule has 0 spiro atoms. The minimum atomic E-state index is -4.12. The molecule has 4 unspecified atom stereocenters. The summed E-state index contributed by atoms with van der Waals surface area (Å²) in [7, 11) is -4.12. The summed E-state index contributed by atoms with van der Waals surface area (Å²) in [6.45, 7) is 3.85. The molecule has 0 radical (unpaired) electrons. The van der Waals surface area contributed by atoms with Gasteiger partial charge in [-0.1, -0.05) is 35.8 Å². The molecule has 3 rings (SSSR count). The number of hydrogen-bond acceptors (Lipinski definition) is 7. The lowest BCUT2D eigenvalue weighted by Crippen LogP contribution is -2.43. The Labute approximate surface area is 176 Å². The molecule has 0 saturated heterocycles. The van der Waals surface area contributed by atoms with Crippen LogP contribution < -0.4 is 5.73 Å². The van der Waals surface area contributed by atoms with Gasteiger partial charge in [-0.25, -0.2) is 0 Å². The summed E-state index contributed by atoms with van der Waals surface area (Å²) in [6.07, 6.45) is 1.40. The Morgan fingerprint density at radius 2 is 1.90 bits per heavy atom. The molecule has 4 atom stereocenters. The summed E-state index contributed by atoms with van der Waals surface area (Å²) < 4.78 is 31.2. The fourth-order valence-corrected chi connectivity index (χ4v) is 7.00. The number of rotatable bonds is 4. The standard InChI is InChI=1S/C10H15BrO4S.C8H9NO4/c1-9(2)6-3-4-10(9,5-16(13,14)15)8(12)7(6)11;9-7(8(12)13)4-1-2-5(10)6(11)3-4/h6-7H,3-5H2,1-2H3,(H,13,14,15);1-3,7,10-11H,9H2,(H,12,13). The summed E-state index contributed by atoms with van der Waals surface area (Å²) >= 11 is 3.35. The number of Topliss-reactive ketones (excluding diaryl/α,β-unsaturated/α-hetero) is 1. The van der Waals surface area contributed by atoms with Gasteiger partial charge in [-0.15, -0.1) is 0 Å². The van der Waals surface area contributed by atoms with Gasteiger partial charge in [0.05, 0.1) is 16.0 Å². The summed E-state index contributed by atoms with van der Waals surface area (Å²) in [5.41, 5.74) is 4.23. The summed E-state index contributed by atoms with van der Waals surface area (Å²) in [5, 5.41) is 26.5. The fourth-order valence-electron chi connectivity index (χ4n) is 4.36. The van der Waals surface area contributed by atoms with Crippen LogP contribution in [0.25, 0.3) is 0 Å². The van der Waals surface area contributed by atoms with Crippen LogP contribution in [0, 0.1) is 16.7 Å². The number of carboxylic acid groups (broad SMARTS) is 1. The maximum Gasteiger partial charge on any atom is 0.325 e. The quantitative estimate of drug-likeness (QED) is 0.237. The summed E-state index contributed by atoms with van der Waals surface area (Å²) in [5.74, 6) is -2.21. The predicted octanol–water partition coefficient (Wildman–Crippen LogP) is 1.83. The van der Waals surface area contributed by atoms with Crippen molar-refractivity contribution in [2.24, 2.45) is 22.5 Å². The van der Waals surface area contributed by atoms with Crippen molar-refractivity contribution in [1.29, 1.82) is 0 Å². The van der Waals surface area contributed by atoms with Gasteiger partial charge < -0.3 is 21.1 Å². The Bertz CT molecular complexity index is 932. The van der Waals surface area contributed by atoms with Crippen LogP contribution in [0.3, 0.4) is 0 Å². The molecule has 1 aromatic rings. The number of phenolic OH excluding ortho intramolecular Hbond substituents is 2. The maximum absolute atomic E-state index is 12.2. The minimum Gasteiger partial charge on any atom is -0.504 e. The number of benzene rings is 1. The number of aliphatic carboxylic acids is 1. The normalized spacial score (nSPS) is 28.5. The Kier molecular flexibility index (Phi) is 6.39. The van der Waals surface area contributed by atoms with Gasteiger partial charge in [-0.05, 0) is 41.9 Å². The first kappa shape index (κ1) is 23.6. The SMILES string of the molecule is CC1(C)C2CCC1(CS(=O)(=O)O)C(=O)C2Br.NC(C(=O)O)c1ccc(O)c(O)c1. The van der Waals surface area contributed by atoms with Crippen molar-refractivity contribution >= 4 is 37.8 Å². The number of aromatic hydroxyl groups is 2. The molecule has 0 amide bonds. The zero-order valence-corrected chi connectivity index (χ0v) is 18.3. The highest BCUT2D eigenvalue weighted by molar-refractivity contribution is 9.10. The highest BCUT2D eigenvalue weighted by Gasteiger charge is 2.69. The smallest absolute Gasteiger partial charge is 0.325 e. The zero-order chi connectivity index (χ0) is 22.4. The molecular weight excluding hydrogens is 470 g/mol. The van der Waals surface area contributed by atoms with Crippen molar-refractivity contribution in [1.82, 2.24) is 0 Å². The van der Waals surface area contributed by atoms with E-state index in [1.807, 2.05) is 13.8 Å². The number of carbonyl (C=O) groups is 2. The van der Waals surface area contributed by atoms with Gasteiger partial charge in [-0.3, -0.25) is 14.1 Å². The van der Waals surface area contributed by atoms with Crippen molar-refractivity contribution < 1.29 is 37.9 Å². The van der Waals surface area contributed by atoms with E-state index in [1.165, 1.54) is 12.1 Å². The molecule has 6 N–H and O–H groups in total. The molecule has 2 fully saturated rings. The molecule has 9 nitrogen and oxygen atoms in total. The van der Waals surface area contributed by atoms with E-state index in [4.69, 9.17) is 25.6 Å². The number of halogens is 1. The maximum atomic E-state index is 12.2. The van der Waals surface area contributed by atoms with E-state index >= 15 is 0 Å². The van der Waals surface area contributed by atoms with Crippen LogP contribution in [0.5, 0.6) is 11.5 Å². The Hall–Kier alpha value is -1.69. The van der Waals surface area contributed by atoms with Crippen molar-refractivity contribution in [3.05, 3.63) is 23.8 Å². The molecule has 2 saturated carbocycles. The number of carboxylic acids is 1. The van der Waals surface area contributed by atoms with Gasteiger partial charge in [0.25, 0.3) is 10.1 Å². The minimum absolute atomic E-state index is 0.0635. The van der Waals surface area contributed by atoms with E-state index in [9.17, 15) is 18.0 Å². The first-order valence-electron chi connectivity index (χ1n) is 8.78. The van der Waals surface area contributed by atoms with E-state index < -0.39 is 33.3 Å². The van der Waals surface area contributed by atoms with Gasteiger partial charge in [0.2, 0.25) is 0 Å². The second kappa shape index (κ2) is 7.86. The Morgan fingerprint density at radius 1 is 1.31 bits per heavy atom. The number of alkyl halides is 1. The largest absolute Gasteiger partial charge is 0.504 e. The average molecular weight is 494 g/mol. The number of hydrogen-bond donors (Lipinski definition) is 5. The van der Waals surface area contributed by atoms with Gasteiger partial charge >= 0.3 is 5.97 Å². The molecule has 2 bridgehead atoms. The molecular formula is C18H24BrNO8S. The third-order valence-corrected chi connectivity index (χ3v) is 8.08. The van der Waals surface area contributed by atoms with Crippen molar-refractivity contribution in [2.45, 2.75) is 37.6 Å². The van der Waals surface area contributed by atoms with E-state index in [2.05, 4.69) is 15.9 Å². The van der Waals surface area contributed by atoms with Crippen LogP contribution in [0.2, 0.25) is 0 Å². The Balaban J connectivity index is 0.000000212. The van der Waals surface area contributed by atoms with Crippen LogP contribution in [-0.4, -0.2) is 50.6 Å². The number of phenols is 2. The van der Waals surface area contributed by atoms with Crippen LogP contribution in [0.4, 0.5) is 0 Å². The average Bonchev–Trinajstić information content (AvgIpc) is 2.91. The molecule has 11 heteroatoms. The topological polar surface area (TPSA) is 175 Å². The third kappa shape index (κ3) is 4.27. The molecule has 0 aliphatic heterocycles. The predicted molar refractivity (Wildman–Crippen MR) is 107 cm³/mol. The molecule has 162 valence electrons. The highest BCUT2D eigenvalue weighted by Crippen LogP contribution is 2.65. The lowest BCUT2D eigenvalue weighted by molar-refractivity contribution is -0.138. The molecule has 29 heavy (non-hydrogen) atoms. The monoisotopic (exact) mass is 493 g/mol. The van der Waals surface area contributed by atoms with Gasteiger partial charge in [-0.2, -0.15) is 8.42 Å². The Morgan fingerprint density at radius 3 is 2.31 bits per heavy atom. The van der Waals surface area contributed by atoms with Gasteiger partial charge in [0.1, 0.15) is 6.04 Å². The lowest BCUT2D eigenvalue weighted by Gasteiger charge is -2.35. The van der Waals surface area contributed by atoms with Crippen LogP contribution >= 0.6 is 15.9 Å². The molecule has 0 heterocycles. The first-order valence-corrected chi connectivity index (χ1v) is 11.3. The van der Waals surface area contributed by atoms with E-state index in [-0.39, 0.29) is 39.0 Å². The van der Waals surface area contributed by atoms with Gasteiger partial charge in [0.15, 0.2) is 17.3 Å². The number of fused-ring (bicyclic) bond motifs is 2. The molecule has 2 aliphatic rings. The lowest BCUT2D eigenvalue weighted by atomic mass is 9.70.